The number of benzene rings is 2. The minimum absolute atomic E-state index is 0.0152. The lowest BCUT2D eigenvalue weighted by Crippen LogP contribution is -2.52. The maximum atomic E-state index is 12.6. The van der Waals surface area contributed by atoms with Crippen LogP contribution < -0.4 is 15.0 Å². The Morgan fingerprint density at radius 2 is 1.76 bits per heavy atom. The van der Waals surface area contributed by atoms with Gasteiger partial charge in [0.15, 0.2) is 0 Å². The van der Waals surface area contributed by atoms with Crippen LogP contribution >= 0.6 is 0 Å². The first-order valence-electron chi connectivity index (χ1n) is 8.66. The number of hydrogen-bond acceptors (Lipinski definition) is 4. The SMILES string of the molecule is COc1cccc(NC(=O)[C@@H](C)N2CCN(c3ccccc3)CC2)c1. The fourth-order valence-electron chi connectivity index (χ4n) is 3.12. The average molecular weight is 339 g/mol. The maximum absolute atomic E-state index is 12.6. The van der Waals surface area contributed by atoms with Crippen LogP contribution in [0.2, 0.25) is 0 Å². The topological polar surface area (TPSA) is 44.8 Å². The molecule has 2 aromatic carbocycles. The van der Waals surface area contributed by atoms with E-state index in [1.807, 2.05) is 37.3 Å². The molecule has 2 aromatic rings. The highest BCUT2D eigenvalue weighted by molar-refractivity contribution is 5.94. The van der Waals surface area contributed by atoms with Crippen LogP contribution in [0.15, 0.2) is 54.6 Å². The Morgan fingerprint density at radius 1 is 1.04 bits per heavy atom. The van der Waals surface area contributed by atoms with E-state index in [1.165, 1.54) is 5.69 Å². The molecule has 1 aliphatic rings. The zero-order valence-electron chi connectivity index (χ0n) is 14.8. The van der Waals surface area contributed by atoms with E-state index in [0.29, 0.717) is 0 Å². The van der Waals surface area contributed by atoms with Crippen LogP contribution in [0.4, 0.5) is 11.4 Å². The van der Waals surface area contributed by atoms with Crippen LogP contribution in [-0.4, -0.2) is 50.1 Å². The van der Waals surface area contributed by atoms with Crippen molar-refractivity contribution in [1.82, 2.24) is 4.90 Å². The smallest absolute Gasteiger partial charge is 0.241 e. The number of piperazine rings is 1. The Bertz CT molecular complexity index is 697. The monoisotopic (exact) mass is 339 g/mol. The number of anilines is 2. The number of methoxy groups -OCH3 is 1. The molecule has 1 saturated heterocycles. The summed E-state index contributed by atoms with van der Waals surface area (Å²) in [4.78, 5) is 17.2. The Hall–Kier alpha value is -2.53. The van der Waals surface area contributed by atoms with E-state index < -0.39 is 0 Å². The number of ether oxygens (including phenoxy) is 1. The third-order valence-corrected chi connectivity index (χ3v) is 4.70. The summed E-state index contributed by atoms with van der Waals surface area (Å²) in [5.41, 5.74) is 2.01. The Balaban J connectivity index is 1.54. The molecule has 1 heterocycles. The van der Waals surface area contributed by atoms with Gasteiger partial charge in [-0.1, -0.05) is 24.3 Å². The molecule has 0 aromatic heterocycles. The van der Waals surface area contributed by atoms with Gasteiger partial charge in [-0.25, -0.2) is 0 Å². The molecule has 0 saturated carbocycles. The van der Waals surface area contributed by atoms with Crippen LogP contribution in [0.3, 0.4) is 0 Å². The van der Waals surface area contributed by atoms with Crippen molar-refractivity contribution in [2.24, 2.45) is 0 Å². The minimum Gasteiger partial charge on any atom is -0.497 e. The van der Waals surface area contributed by atoms with E-state index in [-0.39, 0.29) is 11.9 Å². The summed E-state index contributed by atoms with van der Waals surface area (Å²) in [5.74, 6) is 0.753. The third kappa shape index (κ3) is 4.31. The summed E-state index contributed by atoms with van der Waals surface area (Å²) in [6.07, 6.45) is 0. The number of para-hydroxylation sites is 1. The van der Waals surface area contributed by atoms with Crippen molar-refractivity contribution in [3.8, 4) is 5.75 Å². The Morgan fingerprint density at radius 3 is 2.44 bits per heavy atom. The van der Waals surface area contributed by atoms with E-state index in [2.05, 4.69) is 39.4 Å². The van der Waals surface area contributed by atoms with Gasteiger partial charge in [-0.15, -0.1) is 0 Å². The molecule has 5 heteroatoms. The molecule has 132 valence electrons. The largest absolute Gasteiger partial charge is 0.497 e. The molecule has 3 rings (SSSR count). The van der Waals surface area contributed by atoms with Gasteiger partial charge in [0.05, 0.1) is 13.2 Å². The second-order valence-corrected chi connectivity index (χ2v) is 6.26. The standard InChI is InChI=1S/C20H25N3O2/c1-16(20(24)21-17-7-6-10-19(15-17)25-2)22-11-13-23(14-12-22)18-8-4-3-5-9-18/h3-10,15-16H,11-14H2,1-2H3,(H,21,24)/t16-/m1/s1. The van der Waals surface area contributed by atoms with Crippen molar-refractivity contribution >= 4 is 17.3 Å². The zero-order valence-corrected chi connectivity index (χ0v) is 14.8. The molecule has 0 aliphatic carbocycles. The third-order valence-electron chi connectivity index (χ3n) is 4.70. The summed E-state index contributed by atoms with van der Waals surface area (Å²) in [7, 11) is 1.62. The molecular formula is C20H25N3O2. The van der Waals surface area contributed by atoms with Gasteiger partial charge in [-0.05, 0) is 31.2 Å². The number of rotatable bonds is 5. The van der Waals surface area contributed by atoms with Gasteiger partial charge in [0.25, 0.3) is 0 Å². The van der Waals surface area contributed by atoms with Crippen molar-refractivity contribution < 1.29 is 9.53 Å². The van der Waals surface area contributed by atoms with E-state index in [9.17, 15) is 4.79 Å². The van der Waals surface area contributed by atoms with Crippen LogP contribution in [-0.2, 0) is 4.79 Å². The van der Waals surface area contributed by atoms with Crippen molar-refractivity contribution in [1.29, 1.82) is 0 Å². The van der Waals surface area contributed by atoms with Crippen molar-refractivity contribution in [3.63, 3.8) is 0 Å². The number of nitrogens with one attached hydrogen (secondary N) is 1. The summed E-state index contributed by atoms with van der Waals surface area (Å²) < 4.78 is 5.20. The summed E-state index contributed by atoms with van der Waals surface area (Å²) in [6, 6.07) is 17.7. The fraction of sp³-hybridized carbons (Fsp3) is 0.350. The first kappa shape index (κ1) is 17.3. The lowest BCUT2D eigenvalue weighted by molar-refractivity contribution is -0.120. The number of carbonyl (C=O) groups excluding carboxylic acids is 1. The predicted molar refractivity (Wildman–Crippen MR) is 101 cm³/mol. The first-order chi connectivity index (χ1) is 12.2. The molecule has 1 fully saturated rings. The normalized spacial score (nSPS) is 16.3. The highest BCUT2D eigenvalue weighted by Crippen LogP contribution is 2.19. The van der Waals surface area contributed by atoms with Crippen LogP contribution in [0, 0.1) is 0 Å². The van der Waals surface area contributed by atoms with Gasteiger partial charge in [-0.3, -0.25) is 9.69 Å². The molecule has 1 amide bonds. The van der Waals surface area contributed by atoms with E-state index in [1.54, 1.807) is 7.11 Å². The van der Waals surface area contributed by atoms with Gasteiger partial charge < -0.3 is 15.0 Å². The molecule has 0 unspecified atom stereocenters. The summed E-state index contributed by atoms with van der Waals surface area (Å²) >= 11 is 0. The van der Waals surface area contributed by atoms with E-state index >= 15 is 0 Å². The highest BCUT2D eigenvalue weighted by Gasteiger charge is 2.25. The maximum Gasteiger partial charge on any atom is 0.241 e. The van der Waals surface area contributed by atoms with Gasteiger partial charge in [0, 0.05) is 43.6 Å². The molecule has 1 aliphatic heterocycles. The predicted octanol–water partition coefficient (Wildman–Crippen LogP) is 2.84. The molecule has 0 radical (unpaired) electrons. The minimum atomic E-state index is -0.163. The van der Waals surface area contributed by atoms with Crippen LogP contribution in [0.1, 0.15) is 6.92 Å². The number of carbonyl (C=O) groups is 1. The quantitative estimate of drug-likeness (QED) is 0.910. The number of hydrogen-bond donors (Lipinski definition) is 1. The Labute approximate surface area is 149 Å². The molecule has 5 nitrogen and oxygen atoms in total. The van der Waals surface area contributed by atoms with E-state index in [0.717, 1.165) is 37.6 Å². The molecule has 0 bridgehead atoms. The van der Waals surface area contributed by atoms with Gasteiger partial charge in [-0.2, -0.15) is 0 Å². The summed E-state index contributed by atoms with van der Waals surface area (Å²) in [5, 5.41) is 2.98. The summed E-state index contributed by atoms with van der Waals surface area (Å²) in [6.45, 7) is 5.58. The highest BCUT2D eigenvalue weighted by atomic mass is 16.5. The number of nitrogens with zero attached hydrogens (tertiary/aromatic N) is 2. The fourth-order valence-corrected chi connectivity index (χ4v) is 3.12. The first-order valence-corrected chi connectivity index (χ1v) is 8.66. The average Bonchev–Trinajstić information content (AvgIpc) is 2.68. The van der Waals surface area contributed by atoms with Crippen molar-refractivity contribution in [2.75, 3.05) is 43.5 Å². The molecule has 25 heavy (non-hydrogen) atoms. The molecule has 1 N–H and O–H groups in total. The zero-order chi connectivity index (χ0) is 17.6. The Kier molecular flexibility index (Phi) is 5.56. The van der Waals surface area contributed by atoms with Gasteiger partial charge in [0.2, 0.25) is 5.91 Å². The lowest BCUT2D eigenvalue weighted by Gasteiger charge is -2.38. The van der Waals surface area contributed by atoms with Crippen LogP contribution in [0.25, 0.3) is 0 Å². The van der Waals surface area contributed by atoms with Crippen LogP contribution in [0.5, 0.6) is 5.75 Å². The molecule has 1 atom stereocenters. The molecule has 0 spiro atoms. The van der Waals surface area contributed by atoms with Gasteiger partial charge in [0.1, 0.15) is 5.75 Å². The van der Waals surface area contributed by atoms with Crippen molar-refractivity contribution in [2.45, 2.75) is 13.0 Å². The molecular weight excluding hydrogens is 314 g/mol. The number of amides is 1. The van der Waals surface area contributed by atoms with Crippen molar-refractivity contribution in [3.05, 3.63) is 54.6 Å². The second-order valence-electron chi connectivity index (χ2n) is 6.26. The van der Waals surface area contributed by atoms with E-state index in [4.69, 9.17) is 4.74 Å². The second kappa shape index (κ2) is 8.03. The van der Waals surface area contributed by atoms with Gasteiger partial charge >= 0.3 is 0 Å². The lowest BCUT2D eigenvalue weighted by atomic mass is 10.2.